The number of thiocarbonyl (C=S) groups is 1. The molecule has 0 aliphatic heterocycles. The molecule has 8 heteroatoms. The third-order valence-electron chi connectivity index (χ3n) is 2.90. The minimum Gasteiger partial charge on any atom is -0.491 e. The molecule has 25 heavy (non-hydrogen) atoms. The number of hydrazine groups is 1. The Hall–Kier alpha value is -2.02. The summed E-state index contributed by atoms with van der Waals surface area (Å²) in [6, 6.07) is 11.7. The van der Waals surface area contributed by atoms with Gasteiger partial charge in [-0.2, -0.15) is 0 Å². The van der Waals surface area contributed by atoms with Crippen LogP contribution in [0.25, 0.3) is 0 Å². The van der Waals surface area contributed by atoms with E-state index in [1.807, 2.05) is 13.8 Å². The molecule has 0 bridgehead atoms. The predicted octanol–water partition coefficient (Wildman–Crippen LogP) is 4.41. The second kappa shape index (κ2) is 8.89. The lowest BCUT2D eigenvalue weighted by molar-refractivity contribution is 0.0944. The van der Waals surface area contributed by atoms with Crippen LogP contribution in [0.1, 0.15) is 24.2 Å². The van der Waals surface area contributed by atoms with Crippen molar-refractivity contribution < 1.29 is 9.53 Å². The van der Waals surface area contributed by atoms with Crippen LogP contribution in [0.3, 0.4) is 0 Å². The van der Waals surface area contributed by atoms with Crippen molar-refractivity contribution in [2.45, 2.75) is 20.0 Å². The molecule has 2 aromatic rings. The van der Waals surface area contributed by atoms with Crippen LogP contribution in [0.5, 0.6) is 5.75 Å². The lowest BCUT2D eigenvalue weighted by Crippen LogP contribution is -2.43. The average Bonchev–Trinajstić information content (AvgIpc) is 2.51. The fraction of sp³-hybridized carbons (Fsp3) is 0.176. The molecule has 0 unspecified atom stereocenters. The molecule has 0 radical (unpaired) electrons. The van der Waals surface area contributed by atoms with E-state index < -0.39 is 0 Å². The van der Waals surface area contributed by atoms with E-state index in [0.717, 1.165) is 0 Å². The highest BCUT2D eigenvalue weighted by atomic mass is 35.5. The third-order valence-corrected chi connectivity index (χ3v) is 3.54. The number of hydrogen-bond acceptors (Lipinski definition) is 3. The van der Waals surface area contributed by atoms with Gasteiger partial charge < -0.3 is 10.1 Å². The zero-order valence-corrected chi connectivity index (χ0v) is 15.9. The minimum absolute atomic E-state index is 0.0739. The van der Waals surface area contributed by atoms with Gasteiger partial charge in [0.25, 0.3) is 5.91 Å². The number of carbonyl (C=O) groups is 1. The summed E-state index contributed by atoms with van der Waals surface area (Å²) < 4.78 is 5.53. The lowest BCUT2D eigenvalue weighted by Gasteiger charge is -2.13. The molecular weight excluding hydrogens is 381 g/mol. The lowest BCUT2D eigenvalue weighted by atomic mass is 10.2. The van der Waals surface area contributed by atoms with Crippen LogP contribution in [0.2, 0.25) is 10.0 Å². The Labute approximate surface area is 161 Å². The largest absolute Gasteiger partial charge is 0.491 e. The fourth-order valence-electron chi connectivity index (χ4n) is 1.93. The molecule has 0 spiro atoms. The van der Waals surface area contributed by atoms with Gasteiger partial charge in [-0.1, -0.05) is 23.2 Å². The Morgan fingerprint density at radius 2 is 1.64 bits per heavy atom. The number of hydrogen-bond donors (Lipinski definition) is 3. The average molecular weight is 398 g/mol. The van der Waals surface area contributed by atoms with Crippen molar-refractivity contribution in [1.29, 1.82) is 0 Å². The molecule has 0 aliphatic carbocycles. The first kappa shape index (κ1) is 19.3. The fourth-order valence-corrected chi connectivity index (χ4v) is 2.63. The molecule has 0 heterocycles. The topological polar surface area (TPSA) is 62.4 Å². The molecule has 0 saturated heterocycles. The smallest absolute Gasteiger partial charge is 0.269 e. The Morgan fingerprint density at radius 1 is 1.04 bits per heavy atom. The molecule has 0 fully saturated rings. The van der Waals surface area contributed by atoms with Crippen molar-refractivity contribution in [3.8, 4) is 5.75 Å². The second-order valence-corrected chi connectivity index (χ2v) is 6.66. The van der Waals surface area contributed by atoms with E-state index in [2.05, 4.69) is 16.2 Å². The third kappa shape index (κ3) is 6.42. The summed E-state index contributed by atoms with van der Waals surface area (Å²) in [6.45, 7) is 3.87. The number of amides is 1. The minimum atomic E-state index is -0.329. The zero-order chi connectivity index (χ0) is 18.4. The van der Waals surface area contributed by atoms with Crippen LogP contribution in [-0.4, -0.2) is 17.1 Å². The molecule has 2 aromatic carbocycles. The SMILES string of the molecule is CC(C)Oc1ccc(C(=O)NNC(=S)Nc2cc(Cl)cc(Cl)c2)cc1. The highest BCUT2D eigenvalue weighted by Crippen LogP contribution is 2.22. The summed E-state index contributed by atoms with van der Waals surface area (Å²) in [5.41, 5.74) is 6.21. The molecule has 0 atom stereocenters. The van der Waals surface area contributed by atoms with E-state index in [4.69, 9.17) is 40.2 Å². The maximum Gasteiger partial charge on any atom is 0.269 e. The number of carbonyl (C=O) groups excluding carboxylic acids is 1. The molecule has 1 amide bonds. The first-order chi connectivity index (χ1) is 11.8. The maximum absolute atomic E-state index is 12.1. The number of nitrogens with one attached hydrogen (secondary N) is 3. The van der Waals surface area contributed by atoms with E-state index in [9.17, 15) is 4.79 Å². The molecular formula is C17H17Cl2N3O2S. The maximum atomic E-state index is 12.1. The van der Waals surface area contributed by atoms with Gasteiger partial charge in [-0.3, -0.25) is 15.6 Å². The Balaban J connectivity index is 1.87. The summed E-state index contributed by atoms with van der Waals surface area (Å²) in [5.74, 6) is 0.374. The standard InChI is InChI=1S/C17H17Cl2N3O2S/c1-10(2)24-15-5-3-11(4-6-15)16(23)21-22-17(25)20-14-8-12(18)7-13(19)9-14/h3-10H,1-2H3,(H,21,23)(H2,20,22,25). The van der Waals surface area contributed by atoms with Crippen molar-refractivity contribution >= 4 is 52.1 Å². The van der Waals surface area contributed by atoms with Gasteiger partial charge in [-0.25, -0.2) is 0 Å². The normalized spacial score (nSPS) is 10.3. The van der Waals surface area contributed by atoms with Gasteiger partial charge in [0.1, 0.15) is 5.75 Å². The van der Waals surface area contributed by atoms with Crippen LogP contribution < -0.4 is 20.9 Å². The summed E-state index contributed by atoms with van der Waals surface area (Å²) in [4.78, 5) is 12.1. The monoisotopic (exact) mass is 397 g/mol. The van der Waals surface area contributed by atoms with Gasteiger partial charge in [0.2, 0.25) is 0 Å². The summed E-state index contributed by atoms with van der Waals surface area (Å²) in [7, 11) is 0. The number of anilines is 1. The Bertz CT molecular complexity index is 747. The second-order valence-electron chi connectivity index (χ2n) is 5.38. The number of benzene rings is 2. The van der Waals surface area contributed by atoms with E-state index in [-0.39, 0.29) is 17.1 Å². The van der Waals surface area contributed by atoms with Gasteiger partial charge in [0, 0.05) is 21.3 Å². The van der Waals surface area contributed by atoms with Gasteiger partial charge in [-0.05, 0) is 68.5 Å². The van der Waals surface area contributed by atoms with E-state index in [1.54, 1.807) is 42.5 Å². The number of rotatable bonds is 4. The number of halogens is 2. The molecule has 0 aromatic heterocycles. The molecule has 132 valence electrons. The quantitative estimate of drug-likeness (QED) is 0.526. The van der Waals surface area contributed by atoms with E-state index in [0.29, 0.717) is 27.0 Å². The van der Waals surface area contributed by atoms with Crippen LogP contribution in [0, 0.1) is 0 Å². The molecule has 3 N–H and O–H groups in total. The van der Waals surface area contributed by atoms with Crippen molar-refractivity contribution in [2.24, 2.45) is 0 Å². The van der Waals surface area contributed by atoms with Gasteiger partial charge in [-0.15, -0.1) is 0 Å². The Kier molecular flexibility index (Phi) is 6.87. The van der Waals surface area contributed by atoms with E-state index in [1.165, 1.54) is 0 Å². The van der Waals surface area contributed by atoms with Crippen LogP contribution in [-0.2, 0) is 0 Å². The van der Waals surface area contributed by atoms with Crippen molar-refractivity contribution in [3.63, 3.8) is 0 Å². The summed E-state index contributed by atoms with van der Waals surface area (Å²) in [6.07, 6.45) is 0.0739. The predicted molar refractivity (Wildman–Crippen MR) is 105 cm³/mol. The Morgan fingerprint density at radius 3 is 2.20 bits per heavy atom. The molecule has 2 rings (SSSR count). The number of ether oxygens (including phenoxy) is 1. The highest BCUT2D eigenvalue weighted by Gasteiger charge is 2.07. The highest BCUT2D eigenvalue weighted by molar-refractivity contribution is 7.80. The first-order valence-electron chi connectivity index (χ1n) is 7.43. The molecule has 0 saturated carbocycles. The van der Waals surface area contributed by atoms with Gasteiger partial charge in [0.15, 0.2) is 5.11 Å². The van der Waals surface area contributed by atoms with Crippen LogP contribution in [0.15, 0.2) is 42.5 Å². The molecule has 0 aliphatic rings. The van der Waals surface area contributed by atoms with Gasteiger partial charge in [0.05, 0.1) is 6.10 Å². The van der Waals surface area contributed by atoms with Crippen LogP contribution >= 0.6 is 35.4 Å². The summed E-state index contributed by atoms with van der Waals surface area (Å²) in [5, 5.41) is 4.03. The van der Waals surface area contributed by atoms with Crippen LogP contribution in [0.4, 0.5) is 5.69 Å². The van der Waals surface area contributed by atoms with Gasteiger partial charge >= 0.3 is 0 Å². The molecule has 5 nitrogen and oxygen atoms in total. The van der Waals surface area contributed by atoms with E-state index >= 15 is 0 Å². The van der Waals surface area contributed by atoms with Crippen molar-refractivity contribution in [2.75, 3.05) is 5.32 Å². The first-order valence-corrected chi connectivity index (χ1v) is 8.60. The van der Waals surface area contributed by atoms with Crippen molar-refractivity contribution in [3.05, 3.63) is 58.1 Å². The zero-order valence-electron chi connectivity index (χ0n) is 13.6. The van der Waals surface area contributed by atoms with Crippen molar-refractivity contribution in [1.82, 2.24) is 10.9 Å². The summed E-state index contributed by atoms with van der Waals surface area (Å²) >= 11 is 17.0.